The molecule has 1 aromatic heterocycles. The zero-order chi connectivity index (χ0) is 14.1. The van der Waals surface area contributed by atoms with Crippen molar-refractivity contribution in [2.75, 3.05) is 5.32 Å². The molecule has 0 saturated heterocycles. The number of rotatable bonds is 3. The number of aromatic nitrogens is 1. The number of pyridine rings is 1. The number of benzene rings is 1. The number of halogens is 1. The Bertz CT molecular complexity index is 625. The van der Waals surface area contributed by atoms with E-state index in [0.29, 0.717) is 5.82 Å². The third-order valence-corrected chi connectivity index (χ3v) is 3.42. The Balaban J connectivity index is 1.62. The van der Waals surface area contributed by atoms with Crippen LogP contribution in [0.2, 0.25) is 0 Å². The summed E-state index contributed by atoms with van der Waals surface area (Å²) < 4.78 is 12.8. The molecule has 2 atom stereocenters. The number of amides is 1. The molecule has 1 saturated carbocycles. The normalized spacial score (nSPS) is 20.4. The van der Waals surface area contributed by atoms with E-state index < -0.39 is 0 Å². The summed E-state index contributed by atoms with van der Waals surface area (Å²) in [6, 6.07) is 9.25. The second kappa shape index (κ2) is 4.92. The molecule has 0 aliphatic heterocycles. The van der Waals surface area contributed by atoms with Gasteiger partial charge in [-0.3, -0.25) is 4.79 Å². The molecule has 5 heteroatoms. The molecular formula is C15H13FN2O2. The highest BCUT2D eigenvalue weighted by Gasteiger charge is 2.43. The lowest BCUT2D eigenvalue weighted by atomic mass is 10.1. The van der Waals surface area contributed by atoms with Crippen molar-refractivity contribution in [3.05, 3.63) is 54.0 Å². The van der Waals surface area contributed by atoms with Crippen LogP contribution >= 0.6 is 0 Å². The molecular weight excluding hydrogens is 259 g/mol. The van der Waals surface area contributed by atoms with Crippen LogP contribution in [0.15, 0.2) is 42.6 Å². The van der Waals surface area contributed by atoms with Gasteiger partial charge in [0, 0.05) is 5.92 Å². The highest BCUT2D eigenvalue weighted by molar-refractivity contribution is 5.94. The van der Waals surface area contributed by atoms with Crippen LogP contribution in [0.4, 0.5) is 10.2 Å². The number of aromatic hydroxyl groups is 1. The third kappa shape index (κ3) is 2.61. The Morgan fingerprint density at radius 3 is 2.65 bits per heavy atom. The van der Waals surface area contributed by atoms with Gasteiger partial charge in [-0.25, -0.2) is 9.37 Å². The topological polar surface area (TPSA) is 62.2 Å². The number of carbonyl (C=O) groups excluding carboxylic acids is 1. The van der Waals surface area contributed by atoms with Crippen LogP contribution in [0, 0.1) is 11.7 Å². The molecule has 1 fully saturated rings. The Morgan fingerprint density at radius 1 is 1.25 bits per heavy atom. The highest BCUT2D eigenvalue weighted by atomic mass is 19.1. The van der Waals surface area contributed by atoms with Crippen LogP contribution in [0.25, 0.3) is 0 Å². The summed E-state index contributed by atoms with van der Waals surface area (Å²) >= 11 is 0. The first-order chi connectivity index (χ1) is 9.63. The number of nitrogens with one attached hydrogen (secondary N) is 1. The Labute approximate surface area is 115 Å². The van der Waals surface area contributed by atoms with E-state index in [-0.39, 0.29) is 29.3 Å². The fourth-order valence-corrected chi connectivity index (χ4v) is 2.24. The lowest BCUT2D eigenvalue weighted by Gasteiger charge is -2.04. The predicted molar refractivity (Wildman–Crippen MR) is 71.8 cm³/mol. The number of hydrogen-bond donors (Lipinski definition) is 2. The van der Waals surface area contributed by atoms with Gasteiger partial charge in [0.05, 0.1) is 6.20 Å². The minimum absolute atomic E-state index is 0.0543. The monoisotopic (exact) mass is 272 g/mol. The van der Waals surface area contributed by atoms with Crippen LogP contribution in [0.1, 0.15) is 17.9 Å². The predicted octanol–water partition coefficient (Wildman–Crippen LogP) is 2.67. The van der Waals surface area contributed by atoms with Crippen LogP contribution in [-0.4, -0.2) is 16.0 Å². The van der Waals surface area contributed by atoms with Gasteiger partial charge in [-0.05, 0) is 42.2 Å². The van der Waals surface area contributed by atoms with Crippen molar-refractivity contribution in [3.63, 3.8) is 0 Å². The van der Waals surface area contributed by atoms with Gasteiger partial charge < -0.3 is 10.4 Å². The maximum absolute atomic E-state index is 12.8. The Hall–Kier alpha value is -2.43. The zero-order valence-corrected chi connectivity index (χ0v) is 10.6. The maximum Gasteiger partial charge on any atom is 0.229 e. The summed E-state index contributed by atoms with van der Waals surface area (Å²) in [6.45, 7) is 0. The summed E-state index contributed by atoms with van der Waals surface area (Å²) in [5.41, 5.74) is 0.977. The van der Waals surface area contributed by atoms with Gasteiger partial charge in [0.25, 0.3) is 0 Å². The quantitative estimate of drug-likeness (QED) is 0.903. The summed E-state index contributed by atoms with van der Waals surface area (Å²) in [4.78, 5) is 15.9. The molecule has 0 spiro atoms. The molecule has 2 aromatic rings. The molecule has 1 aliphatic rings. The van der Waals surface area contributed by atoms with Crippen molar-refractivity contribution < 1.29 is 14.3 Å². The van der Waals surface area contributed by atoms with Crippen LogP contribution in [0.5, 0.6) is 5.75 Å². The van der Waals surface area contributed by atoms with Gasteiger partial charge >= 0.3 is 0 Å². The summed E-state index contributed by atoms with van der Waals surface area (Å²) in [7, 11) is 0. The molecule has 1 aromatic carbocycles. The zero-order valence-electron chi connectivity index (χ0n) is 10.6. The minimum Gasteiger partial charge on any atom is -0.506 e. The van der Waals surface area contributed by atoms with Crippen LogP contribution < -0.4 is 5.32 Å². The average Bonchev–Trinajstić information content (AvgIpc) is 3.23. The molecule has 1 aliphatic carbocycles. The number of hydrogen-bond acceptors (Lipinski definition) is 3. The first kappa shape index (κ1) is 12.6. The van der Waals surface area contributed by atoms with E-state index in [1.165, 1.54) is 24.4 Å². The van der Waals surface area contributed by atoms with Gasteiger partial charge in [-0.1, -0.05) is 12.1 Å². The summed E-state index contributed by atoms with van der Waals surface area (Å²) in [6.07, 6.45) is 2.04. The molecule has 1 heterocycles. The van der Waals surface area contributed by atoms with Crippen molar-refractivity contribution in [2.45, 2.75) is 12.3 Å². The largest absolute Gasteiger partial charge is 0.506 e. The van der Waals surface area contributed by atoms with Crippen molar-refractivity contribution in [2.24, 2.45) is 5.92 Å². The van der Waals surface area contributed by atoms with Crippen molar-refractivity contribution in [1.29, 1.82) is 0 Å². The molecule has 1 amide bonds. The number of carbonyl (C=O) groups is 1. The Kier molecular flexibility index (Phi) is 3.10. The van der Waals surface area contributed by atoms with Crippen LogP contribution in [-0.2, 0) is 4.79 Å². The maximum atomic E-state index is 12.8. The van der Waals surface area contributed by atoms with Gasteiger partial charge in [0.2, 0.25) is 5.91 Å². The highest BCUT2D eigenvalue weighted by Crippen LogP contribution is 2.47. The van der Waals surface area contributed by atoms with Gasteiger partial charge in [0.1, 0.15) is 17.4 Å². The lowest BCUT2D eigenvalue weighted by Crippen LogP contribution is -2.15. The van der Waals surface area contributed by atoms with E-state index in [1.807, 2.05) is 0 Å². The minimum atomic E-state index is -0.274. The number of nitrogens with zero attached hydrogens (tertiary/aromatic N) is 1. The lowest BCUT2D eigenvalue weighted by molar-refractivity contribution is -0.117. The van der Waals surface area contributed by atoms with Gasteiger partial charge in [-0.15, -0.1) is 0 Å². The molecule has 4 nitrogen and oxygen atoms in total. The van der Waals surface area contributed by atoms with E-state index >= 15 is 0 Å². The average molecular weight is 272 g/mol. The van der Waals surface area contributed by atoms with E-state index in [0.717, 1.165) is 12.0 Å². The first-order valence-electron chi connectivity index (χ1n) is 6.35. The van der Waals surface area contributed by atoms with E-state index in [4.69, 9.17) is 5.11 Å². The van der Waals surface area contributed by atoms with E-state index in [2.05, 4.69) is 10.3 Å². The van der Waals surface area contributed by atoms with E-state index in [9.17, 15) is 9.18 Å². The van der Waals surface area contributed by atoms with Crippen molar-refractivity contribution in [1.82, 2.24) is 4.98 Å². The van der Waals surface area contributed by atoms with Gasteiger partial charge in [0.15, 0.2) is 0 Å². The second-order valence-corrected chi connectivity index (χ2v) is 4.89. The van der Waals surface area contributed by atoms with Crippen molar-refractivity contribution in [3.8, 4) is 5.75 Å². The molecule has 3 rings (SSSR count). The van der Waals surface area contributed by atoms with E-state index in [1.54, 1.807) is 18.2 Å². The van der Waals surface area contributed by atoms with Gasteiger partial charge in [-0.2, -0.15) is 0 Å². The number of anilines is 1. The molecule has 2 unspecified atom stereocenters. The molecule has 0 bridgehead atoms. The Morgan fingerprint density at radius 2 is 2.00 bits per heavy atom. The smallest absolute Gasteiger partial charge is 0.229 e. The summed E-state index contributed by atoms with van der Waals surface area (Å²) in [5, 5.41) is 11.8. The fourth-order valence-electron chi connectivity index (χ4n) is 2.24. The standard InChI is InChI=1S/C15H13FN2O2/c16-10-3-1-9(2-4-10)12-7-13(12)15(20)18-14-6-5-11(19)8-17-14/h1-6,8,12-13,19H,7H2,(H,17,18,20). The second-order valence-electron chi connectivity index (χ2n) is 4.89. The molecule has 20 heavy (non-hydrogen) atoms. The molecule has 102 valence electrons. The van der Waals surface area contributed by atoms with Crippen molar-refractivity contribution >= 4 is 11.7 Å². The molecule has 2 N–H and O–H groups in total. The fraction of sp³-hybridized carbons (Fsp3) is 0.200. The first-order valence-corrected chi connectivity index (χ1v) is 6.35. The summed E-state index contributed by atoms with van der Waals surface area (Å²) in [5.74, 6) is 0.140. The third-order valence-electron chi connectivity index (χ3n) is 3.42. The molecule has 0 radical (unpaired) electrons. The van der Waals surface area contributed by atoms with Crippen LogP contribution in [0.3, 0.4) is 0 Å². The SMILES string of the molecule is O=C(Nc1ccc(O)cn1)C1CC1c1ccc(F)cc1.